The monoisotopic (exact) mass is 172 g/mol. The number of aromatic nitrogens is 1. The Balaban J connectivity index is 2.57. The Kier molecular flexibility index (Phi) is 2.43. The van der Waals surface area contributed by atoms with Crippen molar-refractivity contribution in [1.29, 1.82) is 0 Å². The first-order valence-corrected chi connectivity index (χ1v) is 3.82. The van der Waals surface area contributed by atoms with E-state index in [2.05, 4.69) is 9.69 Å². The van der Waals surface area contributed by atoms with Crippen molar-refractivity contribution >= 4 is 17.6 Å². The Hall–Kier alpha value is -1.10. The van der Waals surface area contributed by atoms with Crippen LogP contribution < -0.4 is 10.1 Å². The van der Waals surface area contributed by atoms with Crippen LogP contribution >= 0.6 is 11.5 Å². The summed E-state index contributed by atoms with van der Waals surface area (Å²) in [5.74, 6) is 0.354. The number of carbonyl (C=O) groups is 1. The lowest BCUT2D eigenvalue weighted by Crippen LogP contribution is -2.22. The Bertz CT molecular complexity index is 259. The number of hydrogen-bond acceptors (Lipinski definition) is 4. The van der Waals surface area contributed by atoms with E-state index in [1.165, 1.54) is 18.6 Å². The molecular formula is C6H8N2O2S. The average Bonchev–Trinajstić information content (AvgIpc) is 2.35. The predicted molar refractivity (Wildman–Crippen MR) is 41.9 cm³/mol. The summed E-state index contributed by atoms with van der Waals surface area (Å²) < 4.78 is 8.60. The van der Waals surface area contributed by atoms with Crippen LogP contribution in [0.15, 0.2) is 6.07 Å². The maximum atomic E-state index is 10.6. The molecular weight excluding hydrogens is 164 g/mol. The smallest absolute Gasteiger partial charge is 0.390 e. The molecule has 0 atom stereocenters. The van der Waals surface area contributed by atoms with Crippen LogP contribution in [-0.4, -0.2) is 17.5 Å². The highest BCUT2D eigenvalue weighted by Gasteiger charge is 2.03. The largest absolute Gasteiger partial charge is 0.413 e. The van der Waals surface area contributed by atoms with Crippen molar-refractivity contribution in [3.05, 3.63) is 10.9 Å². The van der Waals surface area contributed by atoms with E-state index >= 15 is 0 Å². The summed E-state index contributed by atoms with van der Waals surface area (Å²) >= 11 is 1.30. The first-order valence-electron chi connectivity index (χ1n) is 3.05. The summed E-state index contributed by atoms with van der Waals surface area (Å²) in [6, 6.07) is 1.71. The fourth-order valence-electron chi connectivity index (χ4n) is 0.538. The molecule has 5 heteroatoms. The van der Waals surface area contributed by atoms with Gasteiger partial charge >= 0.3 is 6.09 Å². The van der Waals surface area contributed by atoms with Crippen LogP contribution in [0.25, 0.3) is 0 Å². The lowest BCUT2D eigenvalue weighted by atomic mass is 10.5. The minimum atomic E-state index is -0.490. The van der Waals surface area contributed by atoms with Crippen molar-refractivity contribution in [3.63, 3.8) is 0 Å². The Morgan fingerprint density at radius 3 is 3.00 bits per heavy atom. The van der Waals surface area contributed by atoms with Crippen molar-refractivity contribution in [3.8, 4) is 5.88 Å². The third kappa shape index (κ3) is 2.19. The van der Waals surface area contributed by atoms with E-state index < -0.39 is 6.09 Å². The lowest BCUT2D eigenvalue weighted by molar-refractivity contribution is 0.201. The Labute approximate surface area is 68.4 Å². The third-order valence-corrected chi connectivity index (χ3v) is 1.68. The van der Waals surface area contributed by atoms with Gasteiger partial charge < -0.3 is 10.1 Å². The van der Waals surface area contributed by atoms with E-state index in [1.807, 2.05) is 6.92 Å². The van der Waals surface area contributed by atoms with E-state index in [-0.39, 0.29) is 0 Å². The van der Waals surface area contributed by atoms with Crippen LogP contribution in [-0.2, 0) is 0 Å². The van der Waals surface area contributed by atoms with Crippen LogP contribution in [0.1, 0.15) is 4.88 Å². The fourth-order valence-corrected chi connectivity index (χ4v) is 1.02. The number of amides is 1. The van der Waals surface area contributed by atoms with Gasteiger partial charge in [0.1, 0.15) is 0 Å². The van der Waals surface area contributed by atoms with Gasteiger partial charge in [-0.2, -0.15) is 4.37 Å². The van der Waals surface area contributed by atoms with E-state index in [0.29, 0.717) is 5.88 Å². The summed E-state index contributed by atoms with van der Waals surface area (Å²) in [4.78, 5) is 11.6. The van der Waals surface area contributed by atoms with Crippen molar-refractivity contribution in [2.24, 2.45) is 0 Å². The molecule has 11 heavy (non-hydrogen) atoms. The highest BCUT2D eigenvalue weighted by Crippen LogP contribution is 2.14. The fraction of sp³-hybridized carbons (Fsp3) is 0.333. The molecule has 1 amide bonds. The van der Waals surface area contributed by atoms with E-state index in [1.54, 1.807) is 6.07 Å². The molecule has 1 heterocycles. The zero-order valence-corrected chi connectivity index (χ0v) is 7.07. The van der Waals surface area contributed by atoms with E-state index in [4.69, 9.17) is 4.74 Å². The third-order valence-electron chi connectivity index (χ3n) is 1.01. The number of nitrogens with one attached hydrogen (secondary N) is 1. The zero-order chi connectivity index (χ0) is 8.27. The molecule has 0 saturated heterocycles. The molecule has 0 radical (unpaired) electrons. The van der Waals surface area contributed by atoms with Crippen LogP contribution in [0.5, 0.6) is 5.88 Å². The highest BCUT2D eigenvalue weighted by molar-refractivity contribution is 7.05. The molecule has 0 fully saturated rings. The molecule has 0 saturated carbocycles. The van der Waals surface area contributed by atoms with Gasteiger partial charge in [-0.15, -0.1) is 0 Å². The number of aryl methyl sites for hydroxylation is 1. The number of carbonyl (C=O) groups excluding carboxylic acids is 1. The molecule has 1 rings (SSSR count). The number of hydrogen-bond donors (Lipinski definition) is 1. The number of ether oxygens (including phenoxy) is 1. The molecule has 0 aromatic carbocycles. The quantitative estimate of drug-likeness (QED) is 0.691. The predicted octanol–water partition coefficient (Wildman–Crippen LogP) is 1.17. The summed E-state index contributed by atoms with van der Waals surface area (Å²) in [6.07, 6.45) is -0.490. The van der Waals surface area contributed by atoms with Gasteiger partial charge in [-0.25, -0.2) is 4.79 Å². The highest BCUT2D eigenvalue weighted by atomic mass is 32.1. The van der Waals surface area contributed by atoms with Crippen molar-refractivity contribution < 1.29 is 9.53 Å². The number of nitrogens with zero attached hydrogens (tertiary/aromatic N) is 1. The SMILES string of the molecule is CNC(=O)Oc1cc(C)sn1. The second kappa shape index (κ2) is 3.34. The van der Waals surface area contributed by atoms with Crippen molar-refractivity contribution in [2.45, 2.75) is 6.92 Å². The van der Waals surface area contributed by atoms with Gasteiger partial charge in [0, 0.05) is 18.0 Å². The summed E-state index contributed by atoms with van der Waals surface area (Å²) in [5.41, 5.74) is 0. The van der Waals surface area contributed by atoms with Gasteiger partial charge in [0.05, 0.1) is 0 Å². The molecule has 0 aliphatic rings. The van der Waals surface area contributed by atoms with Gasteiger partial charge in [-0.3, -0.25) is 0 Å². The van der Waals surface area contributed by atoms with Crippen LogP contribution in [0, 0.1) is 6.92 Å². The second-order valence-corrected chi connectivity index (χ2v) is 2.92. The normalized spacial score (nSPS) is 9.27. The molecule has 1 N–H and O–H groups in total. The van der Waals surface area contributed by atoms with Crippen LogP contribution in [0.2, 0.25) is 0 Å². The van der Waals surface area contributed by atoms with Gasteiger partial charge in [-0.05, 0) is 18.5 Å². The van der Waals surface area contributed by atoms with Crippen LogP contribution in [0.3, 0.4) is 0 Å². The van der Waals surface area contributed by atoms with Gasteiger partial charge in [0.2, 0.25) is 5.88 Å². The first-order chi connectivity index (χ1) is 5.22. The molecule has 4 nitrogen and oxygen atoms in total. The van der Waals surface area contributed by atoms with Crippen molar-refractivity contribution in [2.75, 3.05) is 7.05 Å². The zero-order valence-electron chi connectivity index (χ0n) is 6.25. The standard InChI is InChI=1S/C6H8N2O2S/c1-4-3-5(8-11-4)10-6(9)7-2/h3H,1-2H3,(H,7,9). The summed E-state index contributed by atoms with van der Waals surface area (Å²) in [6.45, 7) is 1.90. The molecule has 0 aliphatic heterocycles. The molecule has 1 aromatic rings. The summed E-state index contributed by atoms with van der Waals surface area (Å²) in [7, 11) is 1.50. The average molecular weight is 172 g/mol. The molecule has 60 valence electrons. The maximum Gasteiger partial charge on any atom is 0.413 e. The first kappa shape index (κ1) is 8.00. The van der Waals surface area contributed by atoms with E-state index in [0.717, 1.165) is 4.88 Å². The minimum absolute atomic E-state index is 0.354. The lowest BCUT2D eigenvalue weighted by Gasteiger charge is -1.96. The van der Waals surface area contributed by atoms with Gasteiger partial charge in [0.25, 0.3) is 0 Å². The molecule has 0 aliphatic carbocycles. The van der Waals surface area contributed by atoms with Gasteiger partial charge in [-0.1, -0.05) is 0 Å². The Morgan fingerprint density at radius 1 is 1.82 bits per heavy atom. The Morgan fingerprint density at radius 2 is 2.55 bits per heavy atom. The van der Waals surface area contributed by atoms with Crippen LogP contribution in [0.4, 0.5) is 4.79 Å². The molecule has 1 aromatic heterocycles. The molecule has 0 unspecified atom stereocenters. The minimum Gasteiger partial charge on any atom is -0.390 e. The topological polar surface area (TPSA) is 51.2 Å². The summed E-state index contributed by atoms with van der Waals surface area (Å²) in [5, 5.41) is 2.33. The number of rotatable bonds is 1. The maximum absolute atomic E-state index is 10.6. The van der Waals surface area contributed by atoms with Gasteiger partial charge in [0.15, 0.2) is 0 Å². The molecule has 0 bridgehead atoms. The van der Waals surface area contributed by atoms with E-state index in [9.17, 15) is 4.79 Å². The van der Waals surface area contributed by atoms with Crippen molar-refractivity contribution in [1.82, 2.24) is 9.69 Å². The second-order valence-electron chi connectivity index (χ2n) is 1.92. The molecule has 0 spiro atoms.